The fraction of sp³-hybridized carbons (Fsp3) is 0.423. The lowest BCUT2D eigenvalue weighted by Crippen LogP contribution is -2.68. The largest absolute Gasteiger partial charge is 0.489 e. The molecule has 3 fully saturated rings. The van der Waals surface area contributed by atoms with Crippen LogP contribution in [-0.2, 0) is 6.54 Å². The summed E-state index contributed by atoms with van der Waals surface area (Å²) in [6.45, 7) is 6.54. The highest BCUT2D eigenvalue weighted by Gasteiger charge is 2.44. The van der Waals surface area contributed by atoms with E-state index >= 15 is 0 Å². The molecule has 0 radical (unpaired) electrons. The fourth-order valence-electron chi connectivity index (χ4n) is 5.08. The first-order valence-corrected chi connectivity index (χ1v) is 13.0. The molecule has 1 N–H and O–H groups in total. The number of anilines is 1. The molecule has 2 atom stereocenters. The molecule has 188 valence electrons. The van der Waals surface area contributed by atoms with Crippen LogP contribution in [0.4, 0.5) is 5.82 Å². The van der Waals surface area contributed by atoms with Gasteiger partial charge in [-0.1, -0.05) is 11.3 Å². The molecular formula is C26H30N6O3S. The van der Waals surface area contributed by atoms with Crippen LogP contribution in [0.15, 0.2) is 49.1 Å². The van der Waals surface area contributed by atoms with E-state index in [9.17, 15) is 5.11 Å². The van der Waals surface area contributed by atoms with E-state index in [4.69, 9.17) is 14.5 Å². The Morgan fingerprint density at radius 2 is 1.97 bits per heavy atom. The van der Waals surface area contributed by atoms with E-state index < -0.39 is 5.60 Å². The molecule has 3 aliphatic rings. The smallest absolute Gasteiger partial charge is 0.273 e. The zero-order valence-electron chi connectivity index (χ0n) is 20.7. The average molecular weight is 507 g/mol. The third-order valence-electron chi connectivity index (χ3n) is 6.85. The number of nitrogens with zero attached hydrogens (tertiary/aromatic N) is 6. The molecule has 0 aromatic carbocycles. The van der Waals surface area contributed by atoms with E-state index in [-0.39, 0.29) is 6.61 Å². The van der Waals surface area contributed by atoms with Crippen LogP contribution in [0.3, 0.4) is 0 Å². The highest BCUT2D eigenvalue weighted by Crippen LogP contribution is 2.37. The third-order valence-corrected chi connectivity index (χ3v) is 7.79. The van der Waals surface area contributed by atoms with Crippen LogP contribution in [0.5, 0.6) is 10.9 Å². The van der Waals surface area contributed by atoms with Crippen LogP contribution >= 0.6 is 11.3 Å². The summed E-state index contributed by atoms with van der Waals surface area (Å²) < 4.78 is 12.9. The Hall–Kier alpha value is -3.21. The first kappa shape index (κ1) is 23.2. The molecule has 3 aliphatic heterocycles. The maximum atomic E-state index is 10.0. The minimum atomic E-state index is -0.916. The number of hydrogen-bond donors (Lipinski definition) is 1. The van der Waals surface area contributed by atoms with Crippen molar-refractivity contribution in [3.8, 4) is 22.1 Å². The Bertz CT molecular complexity index is 1350. The number of methoxy groups -OCH3 is 1. The highest BCUT2D eigenvalue weighted by atomic mass is 32.1. The summed E-state index contributed by atoms with van der Waals surface area (Å²) in [5, 5.41) is 15.2. The van der Waals surface area contributed by atoms with Crippen LogP contribution in [0.1, 0.15) is 25.1 Å². The van der Waals surface area contributed by atoms with Crippen LogP contribution < -0.4 is 14.4 Å². The van der Waals surface area contributed by atoms with Crippen LogP contribution in [0, 0.1) is 0 Å². The van der Waals surface area contributed by atoms with Crippen molar-refractivity contribution in [3.63, 3.8) is 0 Å². The number of aromatic nitrogens is 4. The van der Waals surface area contributed by atoms with Crippen LogP contribution in [0.2, 0.25) is 0 Å². The van der Waals surface area contributed by atoms with Crippen LogP contribution in [-0.4, -0.2) is 74.1 Å². The Morgan fingerprint density at radius 3 is 2.67 bits per heavy atom. The number of ether oxygens (including phenoxy) is 2. The molecule has 0 spiro atoms. The summed E-state index contributed by atoms with van der Waals surface area (Å²) in [5.74, 6) is 1.66. The van der Waals surface area contributed by atoms with E-state index in [0.29, 0.717) is 17.8 Å². The van der Waals surface area contributed by atoms with Crippen molar-refractivity contribution in [3.05, 3.63) is 53.9 Å². The molecule has 4 aromatic heterocycles. The Kier molecular flexibility index (Phi) is 5.82. The topological polar surface area (TPSA) is 88.2 Å². The van der Waals surface area contributed by atoms with Gasteiger partial charge in [-0.15, -0.1) is 0 Å². The summed E-state index contributed by atoms with van der Waals surface area (Å²) >= 11 is 1.62. The molecular weight excluding hydrogens is 476 g/mol. The first-order chi connectivity index (χ1) is 17.4. The molecule has 0 amide bonds. The molecule has 2 unspecified atom stereocenters. The molecule has 7 heterocycles. The maximum absolute atomic E-state index is 10.0. The predicted octanol–water partition coefficient (Wildman–Crippen LogP) is 3.47. The molecule has 0 saturated carbocycles. The van der Waals surface area contributed by atoms with Gasteiger partial charge >= 0.3 is 0 Å². The number of hydrogen-bond acceptors (Lipinski definition) is 9. The number of aliphatic hydroxyl groups is 1. The summed E-state index contributed by atoms with van der Waals surface area (Å²) in [4.78, 5) is 15.4. The SMILES string of the molecule is COc1ncc(CN2C3CC2CN(c2ccc(-c4cc(OCC(C)(C)O)cn5nccc45)cn2)C3)s1. The molecule has 36 heavy (non-hydrogen) atoms. The van der Waals surface area contributed by atoms with Gasteiger partial charge in [-0.05, 0) is 44.5 Å². The second kappa shape index (κ2) is 9.02. The fourth-order valence-corrected chi connectivity index (χ4v) is 5.81. The van der Waals surface area contributed by atoms with Gasteiger partial charge in [-0.2, -0.15) is 5.10 Å². The van der Waals surface area contributed by atoms with E-state index in [2.05, 4.69) is 32.0 Å². The molecule has 7 rings (SSSR count). The van der Waals surface area contributed by atoms with Gasteiger partial charge < -0.3 is 19.5 Å². The monoisotopic (exact) mass is 506 g/mol. The minimum Gasteiger partial charge on any atom is -0.489 e. The van der Waals surface area contributed by atoms with Crippen molar-refractivity contribution in [2.75, 3.05) is 31.7 Å². The predicted molar refractivity (Wildman–Crippen MR) is 139 cm³/mol. The van der Waals surface area contributed by atoms with Crippen molar-refractivity contribution in [2.24, 2.45) is 0 Å². The number of piperidine rings is 1. The minimum absolute atomic E-state index is 0.196. The molecule has 10 heteroatoms. The molecule has 9 nitrogen and oxygen atoms in total. The second-order valence-electron chi connectivity index (χ2n) is 10.2. The summed E-state index contributed by atoms with van der Waals surface area (Å²) in [5.41, 5.74) is 2.06. The van der Waals surface area contributed by atoms with Crippen molar-refractivity contribution < 1.29 is 14.6 Å². The molecule has 2 bridgehead atoms. The number of thiazole rings is 1. The summed E-state index contributed by atoms with van der Waals surface area (Å²) in [7, 11) is 1.66. The normalized spacial score (nSPS) is 19.9. The van der Waals surface area contributed by atoms with Gasteiger partial charge in [0, 0.05) is 60.1 Å². The standard InChI is InChI=1S/C26H30N6O3S/c1-26(2,33)16-35-20-9-22(23-6-7-29-32(23)14-20)17-4-5-24(27-10-17)30-12-18-8-19(13-30)31(18)15-21-11-28-25(34-3)36-21/h4-7,9-11,14,18-19,33H,8,12-13,15-16H2,1-3H3. The van der Waals surface area contributed by atoms with E-state index in [0.717, 1.165) is 47.3 Å². The van der Waals surface area contributed by atoms with Gasteiger partial charge in [0.05, 0.1) is 30.6 Å². The third kappa shape index (κ3) is 4.52. The number of pyridine rings is 2. The van der Waals surface area contributed by atoms with Crippen LogP contribution in [0.25, 0.3) is 16.6 Å². The Balaban J connectivity index is 1.16. The Labute approximate surface area is 213 Å². The van der Waals surface area contributed by atoms with Gasteiger partial charge in [0.25, 0.3) is 5.19 Å². The lowest BCUT2D eigenvalue weighted by Gasteiger charge is -2.56. The lowest BCUT2D eigenvalue weighted by molar-refractivity contribution is -0.00787. The van der Waals surface area contributed by atoms with E-state index in [1.165, 1.54) is 11.3 Å². The zero-order chi connectivity index (χ0) is 24.9. The molecule has 0 aliphatic carbocycles. The van der Waals surface area contributed by atoms with E-state index in [1.807, 2.05) is 30.7 Å². The van der Waals surface area contributed by atoms with Crippen molar-refractivity contribution in [1.29, 1.82) is 0 Å². The first-order valence-electron chi connectivity index (χ1n) is 12.1. The van der Waals surface area contributed by atoms with Crippen molar-refractivity contribution in [2.45, 2.75) is 44.5 Å². The van der Waals surface area contributed by atoms with Gasteiger partial charge in [-0.25, -0.2) is 14.5 Å². The van der Waals surface area contributed by atoms with E-state index in [1.54, 1.807) is 43.0 Å². The molecule has 4 aromatic rings. The maximum Gasteiger partial charge on any atom is 0.273 e. The van der Waals surface area contributed by atoms with Gasteiger partial charge in [0.2, 0.25) is 0 Å². The van der Waals surface area contributed by atoms with Gasteiger partial charge in [-0.3, -0.25) is 4.90 Å². The average Bonchev–Trinajstić information content (AvgIpc) is 3.54. The number of piperazine rings is 1. The zero-order valence-corrected chi connectivity index (χ0v) is 21.5. The second-order valence-corrected chi connectivity index (χ2v) is 11.3. The lowest BCUT2D eigenvalue weighted by atomic mass is 9.87. The van der Waals surface area contributed by atoms with Crippen molar-refractivity contribution >= 4 is 22.7 Å². The van der Waals surface area contributed by atoms with Crippen molar-refractivity contribution in [1.82, 2.24) is 24.5 Å². The molecule has 3 saturated heterocycles. The number of rotatable bonds is 8. The van der Waals surface area contributed by atoms with Gasteiger partial charge in [0.15, 0.2) is 0 Å². The summed E-state index contributed by atoms with van der Waals surface area (Å²) in [6.07, 6.45) is 8.70. The quantitative estimate of drug-likeness (QED) is 0.389. The highest BCUT2D eigenvalue weighted by molar-refractivity contribution is 7.13. The summed E-state index contributed by atoms with van der Waals surface area (Å²) in [6, 6.07) is 9.27. The van der Waals surface area contributed by atoms with Gasteiger partial charge in [0.1, 0.15) is 18.2 Å². The Morgan fingerprint density at radius 1 is 1.14 bits per heavy atom. The number of fused-ring (bicyclic) bond motifs is 3.